The highest BCUT2D eigenvalue weighted by Crippen LogP contribution is 2.38. The van der Waals surface area contributed by atoms with Crippen molar-refractivity contribution in [2.75, 3.05) is 19.0 Å². The minimum Gasteiger partial charge on any atom is -0.492 e. The van der Waals surface area contributed by atoms with Gasteiger partial charge in [0.2, 0.25) is 0 Å². The summed E-state index contributed by atoms with van der Waals surface area (Å²) in [4.78, 5) is 24.0. The Kier molecular flexibility index (Phi) is 5.11. The van der Waals surface area contributed by atoms with Gasteiger partial charge in [-0.2, -0.15) is 0 Å². The molecule has 1 amide bonds. The van der Waals surface area contributed by atoms with Crippen LogP contribution in [-0.4, -0.2) is 31.7 Å². The number of amides is 1. The lowest BCUT2D eigenvalue weighted by Crippen LogP contribution is -2.13. The second-order valence-electron chi connectivity index (χ2n) is 6.04. The largest absolute Gasteiger partial charge is 0.492 e. The second kappa shape index (κ2) is 7.47. The Morgan fingerprint density at radius 3 is 2.54 bits per heavy atom. The number of rotatable bonds is 5. The summed E-state index contributed by atoms with van der Waals surface area (Å²) >= 11 is 0. The van der Waals surface area contributed by atoms with Crippen LogP contribution < -0.4 is 14.8 Å². The number of anilines is 1. The molecule has 1 N–H and O–H groups in total. The highest BCUT2D eigenvalue weighted by Gasteiger charge is 2.23. The number of benzene rings is 2. The minimum absolute atomic E-state index is 0.108. The van der Waals surface area contributed by atoms with Crippen LogP contribution in [0.4, 0.5) is 5.69 Å². The Morgan fingerprint density at radius 2 is 1.88 bits per heavy atom. The average molecular weight is 355 g/mol. The molecule has 0 saturated carbocycles. The van der Waals surface area contributed by atoms with Crippen molar-refractivity contribution in [1.82, 2.24) is 0 Å². The van der Waals surface area contributed by atoms with E-state index in [1.165, 1.54) is 7.11 Å². The molecule has 3 rings (SSSR count). The SMILES string of the molecule is CCOc1cc2c(cc1NC(=O)c1ccc(C(=O)OC)cc1)OC(C)C2. The van der Waals surface area contributed by atoms with Gasteiger partial charge < -0.3 is 19.5 Å². The summed E-state index contributed by atoms with van der Waals surface area (Å²) in [6, 6.07) is 9.97. The number of nitrogens with one attached hydrogen (secondary N) is 1. The molecule has 0 radical (unpaired) electrons. The van der Waals surface area contributed by atoms with Gasteiger partial charge in [-0.15, -0.1) is 0 Å². The Hall–Kier alpha value is -3.02. The van der Waals surface area contributed by atoms with Crippen molar-refractivity contribution in [2.24, 2.45) is 0 Å². The first-order chi connectivity index (χ1) is 12.5. The fourth-order valence-corrected chi connectivity index (χ4v) is 2.88. The molecule has 6 nitrogen and oxygen atoms in total. The molecule has 1 unspecified atom stereocenters. The van der Waals surface area contributed by atoms with Gasteiger partial charge in [0.25, 0.3) is 5.91 Å². The van der Waals surface area contributed by atoms with Crippen LogP contribution in [0.25, 0.3) is 0 Å². The molecule has 0 fully saturated rings. The number of ether oxygens (including phenoxy) is 3. The first-order valence-electron chi connectivity index (χ1n) is 8.48. The maximum atomic E-state index is 12.6. The van der Waals surface area contributed by atoms with Gasteiger partial charge in [0, 0.05) is 23.6 Å². The van der Waals surface area contributed by atoms with Crippen LogP contribution in [0.15, 0.2) is 36.4 Å². The third-order valence-electron chi connectivity index (χ3n) is 4.11. The van der Waals surface area contributed by atoms with E-state index >= 15 is 0 Å². The van der Waals surface area contributed by atoms with Crippen LogP contribution in [0.3, 0.4) is 0 Å². The molecule has 2 aromatic carbocycles. The molecule has 1 aliphatic heterocycles. The zero-order valence-electron chi connectivity index (χ0n) is 15.0. The van der Waals surface area contributed by atoms with E-state index in [9.17, 15) is 9.59 Å². The van der Waals surface area contributed by atoms with E-state index in [-0.39, 0.29) is 12.0 Å². The van der Waals surface area contributed by atoms with E-state index in [1.807, 2.05) is 19.9 Å². The zero-order chi connectivity index (χ0) is 18.7. The maximum absolute atomic E-state index is 12.6. The molecule has 1 atom stereocenters. The number of carbonyl (C=O) groups is 2. The van der Waals surface area contributed by atoms with E-state index in [0.29, 0.717) is 29.2 Å². The van der Waals surface area contributed by atoms with E-state index < -0.39 is 5.97 Å². The van der Waals surface area contributed by atoms with E-state index in [2.05, 4.69) is 10.1 Å². The normalized spacial score (nSPS) is 15.0. The van der Waals surface area contributed by atoms with Crippen LogP contribution in [0.2, 0.25) is 0 Å². The summed E-state index contributed by atoms with van der Waals surface area (Å²) in [5.41, 5.74) is 2.44. The first kappa shape index (κ1) is 17.8. The topological polar surface area (TPSA) is 73.9 Å². The number of fused-ring (bicyclic) bond motifs is 1. The van der Waals surface area contributed by atoms with Crippen LogP contribution in [0.5, 0.6) is 11.5 Å². The first-order valence-corrected chi connectivity index (χ1v) is 8.48. The van der Waals surface area contributed by atoms with Crippen molar-refractivity contribution in [1.29, 1.82) is 0 Å². The second-order valence-corrected chi connectivity index (χ2v) is 6.04. The molecule has 0 aliphatic carbocycles. The Bertz CT molecular complexity index is 829. The Morgan fingerprint density at radius 1 is 1.19 bits per heavy atom. The molecular weight excluding hydrogens is 334 g/mol. The molecule has 6 heteroatoms. The third kappa shape index (κ3) is 3.64. The predicted molar refractivity (Wildman–Crippen MR) is 97.1 cm³/mol. The van der Waals surface area contributed by atoms with Gasteiger partial charge in [0.05, 0.1) is 25.0 Å². The van der Waals surface area contributed by atoms with Gasteiger partial charge in [-0.25, -0.2) is 4.79 Å². The van der Waals surface area contributed by atoms with Gasteiger partial charge in [-0.1, -0.05) is 0 Å². The van der Waals surface area contributed by atoms with Gasteiger partial charge in [-0.05, 0) is 44.2 Å². The predicted octanol–water partition coefficient (Wildman–Crippen LogP) is 3.45. The van der Waals surface area contributed by atoms with E-state index in [1.54, 1.807) is 30.3 Å². The molecule has 0 saturated heterocycles. The van der Waals surface area contributed by atoms with Crippen LogP contribution in [0, 0.1) is 0 Å². The summed E-state index contributed by atoms with van der Waals surface area (Å²) in [7, 11) is 1.31. The maximum Gasteiger partial charge on any atom is 0.337 e. The number of hydrogen-bond acceptors (Lipinski definition) is 5. The minimum atomic E-state index is -0.444. The van der Waals surface area contributed by atoms with Crippen LogP contribution >= 0.6 is 0 Å². The third-order valence-corrected chi connectivity index (χ3v) is 4.11. The molecule has 0 aromatic heterocycles. The molecule has 136 valence electrons. The van der Waals surface area contributed by atoms with E-state index in [0.717, 1.165) is 17.7 Å². The summed E-state index contributed by atoms with van der Waals surface area (Å²) in [5, 5.41) is 2.86. The van der Waals surface area contributed by atoms with Gasteiger partial charge in [-0.3, -0.25) is 4.79 Å². The number of methoxy groups -OCH3 is 1. The van der Waals surface area contributed by atoms with Gasteiger partial charge >= 0.3 is 5.97 Å². The molecule has 1 heterocycles. The molecule has 26 heavy (non-hydrogen) atoms. The van der Waals surface area contributed by atoms with Crippen molar-refractivity contribution in [2.45, 2.75) is 26.4 Å². The zero-order valence-corrected chi connectivity index (χ0v) is 15.0. The monoisotopic (exact) mass is 355 g/mol. The smallest absolute Gasteiger partial charge is 0.337 e. The van der Waals surface area contributed by atoms with Crippen molar-refractivity contribution in [3.05, 3.63) is 53.1 Å². The van der Waals surface area contributed by atoms with Crippen molar-refractivity contribution in [3.8, 4) is 11.5 Å². The lowest BCUT2D eigenvalue weighted by atomic mass is 10.1. The number of hydrogen-bond donors (Lipinski definition) is 1. The van der Waals surface area contributed by atoms with Crippen LogP contribution in [0.1, 0.15) is 40.1 Å². The molecule has 0 spiro atoms. The Labute approximate surface area is 152 Å². The number of esters is 1. The standard InChI is InChI=1S/C20H21NO5/c1-4-25-18-10-15-9-12(2)26-17(15)11-16(18)21-19(22)13-5-7-14(8-6-13)20(23)24-3/h5-8,10-12H,4,9H2,1-3H3,(H,21,22). The summed E-state index contributed by atoms with van der Waals surface area (Å²) in [6.07, 6.45) is 0.926. The number of carbonyl (C=O) groups excluding carboxylic acids is 2. The molecule has 1 aliphatic rings. The molecule has 2 aromatic rings. The lowest BCUT2D eigenvalue weighted by molar-refractivity contribution is 0.0600. The molecule has 0 bridgehead atoms. The Balaban J connectivity index is 1.82. The summed E-state index contributed by atoms with van der Waals surface area (Å²) in [6.45, 7) is 4.39. The fraction of sp³-hybridized carbons (Fsp3) is 0.300. The summed E-state index contributed by atoms with van der Waals surface area (Å²) < 4.78 is 16.1. The van der Waals surface area contributed by atoms with Crippen molar-refractivity contribution >= 4 is 17.6 Å². The fourth-order valence-electron chi connectivity index (χ4n) is 2.88. The lowest BCUT2D eigenvalue weighted by Gasteiger charge is -2.13. The van der Waals surface area contributed by atoms with Crippen molar-refractivity contribution < 1.29 is 23.8 Å². The molecular formula is C20H21NO5. The summed E-state index contributed by atoms with van der Waals surface area (Å²) in [5.74, 6) is 0.634. The average Bonchev–Trinajstić information content (AvgIpc) is 3.00. The van der Waals surface area contributed by atoms with Crippen LogP contribution in [-0.2, 0) is 11.2 Å². The van der Waals surface area contributed by atoms with Gasteiger partial charge in [0.15, 0.2) is 0 Å². The highest BCUT2D eigenvalue weighted by atomic mass is 16.5. The van der Waals surface area contributed by atoms with Crippen molar-refractivity contribution in [3.63, 3.8) is 0 Å². The van der Waals surface area contributed by atoms with E-state index in [4.69, 9.17) is 9.47 Å². The highest BCUT2D eigenvalue weighted by molar-refractivity contribution is 6.05. The van der Waals surface area contributed by atoms with Gasteiger partial charge in [0.1, 0.15) is 17.6 Å². The quantitative estimate of drug-likeness (QED) is 0.832.